The fourth-order valence-corrected chi connectivity index (χ4v) is 9.88. The molecule has 0 aliphatic carbocycles. The molecule has 0 bridgehead atoms. The van der Waals surface area contributed by atoms with Crippen LogP contribution in [-0.4, -0.2) is 9.13 Å². The Hall–Kier alpha value is -6.62. The standard InChI is InChI=1S/C48H28N2OS/c1-2-11-30(12-3-1)49-40-17-7-4-13-33(40)37-25-26-38-34-14-5-8-18-41(34)50(48(38)47(37)49)31-22-24-36-35-23-21-29(27-44(35)52-45(36)28-31)32-16-10-20-43-46(32)39-15-6-9-19-42(39)51-43/h1-28H. The highest BCUT2D eigenvalue weighted by Gasteiger charge is 2.21. The second kappa shape index (κ2) is 10.5. The molecule has 0 fully saturated rings. The topological polar surface area (TPSA) is 23.0 Å². The lowest BCUT2D eigenvalue weighted by atomic mass is 9.98. The van der Waals surface area contributed by atoms with Crippen LogP contribution >= 0.6 is 11.3 Å². The molecule has 0 amide bonds. The maximum absolute atomic E-state index is 6.23. The predicted molar refractivity (Wildman–Crippen MR) is 221 cm³/mol. The van der Waals surface area contributed by atoms with E-state index >= 15 is 0 Å². The SMILES string of the molecule is c1ccc(-n2c3ccccc3c3ccc4c5ccccc5n(-c5ccc6c(c5)sc5cc(-c7cccc8oc9ccccc9c78)ccc56)c4c32)cc1. The number of furan rings is 1. The molecule has 12 aromatic rings. The first-order valence-electron chi connectivity index (χ1n) is 17.7. The van der Waals surface area contributed by atoms with Crippen LogP contribution in [0.15, 0.2) is 174 Å². The predicted octanol–water partition coefficient (Wildman–Crippen LogP) is 13.8. The molecule has 4 aromatic heterocycles. The van der Waals surface area contributed by atoms with E-state index in [9.17, 15) is 0 Å². The van der Waals surface area contributed by atoms with E-state index in [1.54, 1.807) is 0 Å². The third-order valence-electron chi connectivity index (χ3n) is 10.9. The van der Waals surface area contributed by atoms with Crippen LogP contribution in [0.5, 0.6) is 0 Å². The molecule has 8 aromatic carbocycles. The molecule has 3 nitrogen and oxygen atoms in total. The van der Waals surface area contributed by atoms with Gasteiger partial charge in [-0.05, 0) is 65.7 Å². The lowest BCUT2D eigenvalue weighted by Gasteiger charge is -2.12. The molecule has 4 heteroatoms. The first-order valence-corrected chi connectivity index (χ1v) is 18.5. The maximum Gasteiger partial charge on any atom is 0.136 e. The molecule has 0 atom stereocenters. The van der Waals surface area contributed by atoms with E-state index in [1.807, 2.05) is 17.4 Å². The Balaban J connectivity index is 1.12. The number of para-hydroxylation sites is 4. The zero-order chi connectivity index (χ0) is 33.9. The quantitative estimate of drug-likeness (QED) is 0.182. The van der Waals surface area contributed by atoms with Gasteiger partial charge < -0.3 is 13.6 Å². The van der Waals surface area contributed by atoms with Crippen molar-refractivity contribution in [3.05, 3.63) is 170 Å². The zero-order valence-electron chi connectivity index (χ0n) is 27.9. The summed E-state index contributed by atoms with van der Waals surface area (Å²) in [6.07, 6.45) is 0. The highest BCUT2D eigenvalue weighted by molar-refractivity contribution is 7.25. The van der Waals surface area contributed by atoms with Crippen LogP contribution in [0.25, 0.3) is 108 Å². The average molecular weight is 681 g/mol. The molecule has 0 N–H and O–H groups in total. The van der Waals surface area contributed by atoms with E-state index < -0.39 is 0 Å². The highest BCUT2D eigenvalue weighted by atomic mass is 32.1. The zero-order valence-corrected chi connectivity index (χ0v) is 28.7. The van der Waals surface area contributed by atoms with Crippen molar-refractivity contribution in [3.63, 3.8) is 0 Å². The van der Waals surface area contributed by atoms with Crippen LogP contribution in [0, 0.1) is 0 Å². The summed E-state index contributed by atoms with van der Waals surface area (Å²) in [4.78, 5) is 0. The molecule has 0 aliphatic heterocycles. The molecule has 0 aliphatic rings. The van der Waals surface area contributed by atoms with Crippen molar-refractivity contribution in [1.82, 2.24) is 9.13 Å². The Labute approximate surface area is 301 Å². The Bertz CT molecular complexity index is 3410. The van der Waals surface area contributed by atoms with Crippen LogP contribution in [0.4, 0.5) is 0 Å². The summed E-state index contributed by atoms with van der Waals surface area (Å²) in [6, 6.07) is 61.7. The Morgan fingerprint density at radius 3 is 1.71 bits per heavy atom. The lowest BCUT2D eigenvalue weighted by Crippen LogP contribution is -1.98. The molecular weight excluding hydrogens is 653 g/mol. The van der Waals surface area contributed by atoms with E-state index in [0.29, 0.717) is 0 Å². The summed E-state index contributed by atoms with van der Waals surface area (Å²) in [5, 5.41) is 9.92. The first-order chi connectivity index (χ1) is 25.8. The van der Waals surface area contributed by atoms with Gasteiger partial charge in [0, 0.05) is 63.9 Å². The van der Waals surface area contributed by atoms with Gasteiger partial charge in [0.1, 0.15) is 11.2 Å². The van der Waals surface area contributed by atoms with Crippen LogP contribution in [0.3, 0.4) is 0 Å². The van der Waals surface area contributed by atoms with E-state index in [-0.39, 0.29) is 0 Å². The molecule has 0 radical (unpaired) electrons. The molecule has 12 rings (SSSR count). The Morgan fingerprint density at radius 1 is 0.385 bits per heavy atom. The van der Waals surface area contributed by atoms with E-state index in [1.165, 1.54) is 80.3 Å². The molecule has 242 valence electrons. The van der Waals surface area contributed by atoms with Gasteiger partial charge >= 0.3 is 0 Å². The molecule has 52 heavy (non-hydrogen) atoms. The first kappa shape index (κ1) is 28.1. The van der Waals surface area contributed by atoms with Gasteiger partial charge in [-0.2, -0.15) is 0 Å². The number of aromatic nitrogens is 2. The second-order valence-corrected chi connectivity index (χ2v) is 14.8. The number of hydrogen-bond acceptors (Lipinski definition) is 2. The summed E-state index contributed by atoms with van der Waals surface area (Å²) < 4.78 is 13.7. The van der Waals surface area contributed by atoms with Gasteiger partial charge in [-0.1, -0.05) is 115 Å². The number of rotatable bonds is 3. The summed E-state index contributed by atoms with van der Waals surface area (Å²) in [5.41, 5.74) is 11.4. The van der Waals surface area contributed by atoms with Crippen molar-refractivity contribution in [2.75, 3.05) is 0 Å². The van der Waals surface area contributed by atoms with Gasteiger partial charge in [0.15, 0.2) is 0 Å². The Kier molecular flexibility index (Phi) is 5.65. The van der Waals surface area contributed by atoms with E-state index in [0.717, 1.165) is 27.9 Å². The van der Waals surface area contributed by atoms with E-state index in [2.05, 4.69) is 173 Å². The highest BCUT2D eigenvalue weighted by Crippen LogP contribution is 2.44. The average Bonchev–Trinajstić information content (AvgIpc) is 3.95. The second-order valence-electron chi connectivity index (χ2n) is 13.7. The fraction of sp³-hybridized carbons (Fsp3) is 0. The van der Waals surface area contributed by atoms with Crippen LogP contribution in [0.2, 0.25) is 0 Å². The molecule has 0 saturated heterocycles. The minimum Gasteiger partial charge on any atom is -0.456 e. The van der Waals surface area contributed by atoms with Crippen molar-refractivity contribution in [1.29, 1.82) is 0 Å². The van der Waals surface area contributed by atoms with Gasteiger partial charge in [0.25, 0.3) is 0 Å². The van der Waals surface area contributed by atoms with Crippen LogP contribution in [-0.2, 0) is 0 Å². The monoisotopic (exact) mass is 680 g/mol. The van der Waals surface area contributed by atoms with Gasteiger partial charge in [-0.15, -0.1) is 11.3 Å². The van der Waals surface area contributed by atoms with E-state index in [4.69, 9.17) is 4.42 Å². The van der Waals surface area contributed by atoms with Crippen molar-refractivity contribution in [3.8, 4) is 22.5 Å². The minimum atomic E-state index is 0.923. The third-order valence-corrected chi connectivity index (χ3v) is 12.0. The third kappa shape index (κ3) is 3.79. The number of benzene rings is 8. The molecule has 0 saturated carbocycles. The summed E-state index contributed by atoms with van der Waals surface area (Å²) in [6.45, 7) is 0. The van der Waals surface area contributed by atoms with Crippen molar-refractivity contribution in [2.45, 2.75) is 0 Å². The fourth-order valence-electron chi connectivity index (χ4n) is 8.70. The Morgan fingerprint density at radius 2 is 0.962 bits per heavy atom. The largest absolute Gasteiger partial charge is 0.456 e. The van der Waals surface area contributed by atoms with Gasteiger partial charge in [-0.3, -0.25) is 0 Å². The number of fused-ring (bicyclic) bond motifs is 13. The van der Waals surface area contributed by atoms with Gasteiger partial charge in [0.05, 0.1) is 22.1 Å². The van der Waals surface area contributed by atoms with Crippen molar-refractivity contribution >= 4 is 97.1 Å². The minimum absolute atomic E-state index is 0.923. The summed E-state index contributed by atoms with van der Waals surface area (Å²) in [5.74, 6) is 0. The molecular formula is C48H28N2OS. The number of nitrogens with zero attached hydrogens (tertiary/aromatic N) is 2. The van der Waals surface area contributed by atoms with Crippen LogP contribution in [0.1, 0.15) is 0 Å². The normalized spacial score (nSPS) is 12.2. The smallest absolute Gasteiger partial charge is 0.136 e. The molecule has 0 spiro atoms. The number of hydrogen-bond donors (Lipinski definition) is 0. The van der Waals surface area contributed by atoms with Gasteiger partial charge in [0.2, 0.25) is 0 Å². The van der Waals surface area contributed by atoms with Crippen LogP contribution < -0.4 is 0 Å². The maximum atomic E-state index is 6.23. The number of thiophene rings is 1. The van der Waals surface area contributed by atoms with Gasteiger partial charge in [-0.25, -0.2) is 0 Å². The van der Waals surface area contributed by atoms with Crippen molar-refractivity contribution in [2.24, 2.45) is 0 Å². The molecule has 4 heterocycles. The lowest BCUT2D eigenvalue weighted by molar-refractivity contribution is 0.669. The van der Waals surface area contributed by atoms with Crippen molar-refractivity contribution < 1.29 is 4.42 Å². The summed E-state index contributed by atoms with van der Waals surface area (Å²) >= 11 is 1.87. The molecule has 0 unspecified atom stereocenters. The summed E-state index contributed by atoms with van der Waals surface area (Å²) in [7, 11) is 0.